The van der Waals surface area contributed by atoms with Gasteiger partial charge in [0.25, 0.3) is 0 Å². The maximum Gasteiger partial charge on any atom is 0.0548 e. The van der Waals surface area contributed by atoms with Crippen molar-refractivity contribution in [3.8, 4) is 0 Å². The van der Waals surface area contributed by atoms with Crippen LogP contribution in [0.1, 0.15) is 46.5 Å². The Bertz CT molecular complexity index is 639. The minimum absolute atomic E-state index is 0.296. The van der Waals surface area contributed by atoms with E-state index in [2.05, 4.69) is 76.4 Å². The first kappa shape index (κ1) is 17.6. The number of rotatable bonds is 2. The van der Waals surface area contributed by atoms with Crippen molar-refractivity contribution in [3.63, 3.8) is 0 Å². The monoisotopic (exact) mass is 352 g/mol. The average Bonchev–Trinajstić information content (AvgIpc) is 3.18. The SMILES string of the molecule is CC(C)(C)C1=CC2CCC([Si](C)(C)C3CCC4C=CC=CC43)C2C=C1. The van der Waals surface area contributed by atoms with Gasteiger partial charge >= 0.3 is 0 Å². The summed E-state index contributed by atoms with van der Waals surface area (Å²) in [4.78, 5) is 0. The highest BCUT2D eigenvalue weighted by Crippen LogP contribution is 2.59. The fourth-order valence-electron chi connectivity index (χ4n) is 6.49. The van der Waals surface area contributed by atoms with Crippen LogP contribution in [0.15, 0.2) is 48.1 Å². The van der Waals surface area contributed by atoms with Gasteiger partial charge in [-0.05, 0) is 58.6 Å². The first-order chi connectivity index (χ1) is 11.8. The van der Waals surface area contributed by atoms with Crippen LogP contribution in [0.5, 0.6) is 0 Å². The summed E-state index contributed by atoms with van der Waals surface area (Å²) in [6.45, 7) is 12.5. The number of allylic oxidation sites excluding steroid dienone is 8. The minimum atomic E-state index is -1.29. The topological polar surface area (TPSA) is 0 Å². The van der Waals surface area contributed by atoms with Crippen molar-refractivity contribution < 1.29 is 0 Å². The minimum Gasteiger partial charge on any atom is -0.0808 e. The Morgan fingerprint density at radius 3 is 2.08 bits per heavy atom. The second-order valence-electron chi connectivity index (χ2n) is 10.7. The smallest absolute Gasteiger partial charge is 0.0548 e. The van der Waals surface area contributed by atoms with Crippen LogP contribution in [0, 0.1) is 29.1 Å². The van der Waals surface area contributed by atoms with Gasteiger partial charge in [0.15, 0.2) is 0 Å². The predicted molar refractivity (Wildman–Crippen MR) is 112 cm³/mol. The van der Waals surface area contributed by atoms with Crippen molar-refractivity contribution in [1.29, 1.82) is 0 Å². The van der Waals surface area contributed by atoms with Crippen LogP contribution in [0.3, 0.4) is 0 Å². The summed E-state index contributed by atoms with van der Waals surface area (Å²) in [6.07, 6.45) is 23.2. The summed E-state index contributed by atoms with van der Waals surface area (Å²) in [5, 5.41) is 0. The number of fused-ring (bicyclic) bond motifs is 2. The summed E-state index contributed by atoms with van der Waals surface area (Å²) < 4.78 is 0. The van der Waals surface area contributed by atoms with E-state index in [0.29, 0.717) is 5.41 Å². The van der Waals surface area contributed by atoms with Gasteiger partial charge in [0.1, 0.15) is 0 Å². The molecule has 0 aromatic heterocycles. The Morgan fingerprint density at radius 2 is 1.40 bits per heavy atom. The van der Waals surface area contributed by atoms with Crippen molar-refractivity contribution in [2.24, 2.45) is 29.1 Å². The highest BCUT2D eigenvalue weighted by atomic mass is 28.3. The lowest BCUT2D eigenvalue weighted by Crippen LogP contribution is -2.42. The molecule has 2 saturated carbocycles. The van der Waals surface area contributed by atoms with E-state index in [1.54, 1.807) is 5.57 Å². The molecule has 25 heavy (non-hydrogen) atoms. The van der Waals surface area contributed by atoms with Gasteiger partial charge in [-0.2, -0.15) is 0 Å². The molecule has 4 aliphatic rings. The molecule has 0 radical (unpaired) electrons. The van der Waals surface area contributed by atoms with Gasteiger partial charge in [-0.25, -0.2) is 0 Å². The predicted octanol–water partition coefficient (Wildman–Crippen LogP) is 7.16. The van der Waals surface area contributed by atoms with Gasteiger partial charge in [-0.1, -0.05) is 89.2 Å². The average molecular weight is 353 g/mol. The quantitative estimate of drug-likeness (QED) is 0.463. The summed E-state index contributed by atoms with van der Waals surface area (Å²) in [7, 11) is -1.29. The van der Waals surface area contributed by atoms with Crippen molar-refractivity contribution in [2.45, 2.75) is 70.6 Å². The van der Waals surface area contributed by atoms with Crippen LogP contribution in [-0.4, -0.2) is 8.07 Å². The fourth-order valence-corrected chi connectivity index (χ4v) is 11.6. The van der Waals surface area contributed by atoms with E-state index in [0.717, 1.165) is 34.8 Å². The maximum absolute atomic E-state index is 2.73. The molecule has 6 atom stereocenters. The van der Waals surface area contributed by atoms with Gasteiger partial charge in [0.2, 0.25) is 0 Å². The Morgan fingerprint density at radius 1 is 0.800 bits per heavy atom. The van der Waals surface area contributed by atoms with Crippen molar-refractivity contribution in [3.05, 3.63) is 48.1 Å². The van der Waals surface area contributed by atoms with Crippen LogP contribution >= 0.6 is 0 Å². The zero-order valence-electron chi connectivity index (χ0n) is 16.8. The van der Waals surface area contributed by atoms with Crippen LogP contribution < -0.4 is 0 Å². The molecule has 4 aliphatic carbocycles. The Hall–Kier alpha value is -0.823. The molecule has 136 valence electrons. The van der Waals surface area contributed by atoms with Crippen molar-refractivity contribution >= 4 is 8.07 Å². The van der Waals surface area contributed by atoms with Crippen LogP contribution in [0.2, 0.25) is 24.2 Å². The summed E-state index contributed by atoms with van der Waals surface area (Å²) in [6, 6.07) is 0. The van der Waals surface area contributed by atoms with E-state index in [1.165, 1.54) is 25.7 Å². The van der Waals surface area contributed by atoms with Gasteiger partial charge in [-0.15, -0.1) is 0 Å². The third kappa shape index (κ3) is 2.97. The summed E-state index contributed by atoms with van der Waals surface area (Å²) >= 11 is 0. The van der Waals surface area contributed by atoms with E-state index in [-0.39, 0.29) is 0 Å². The van der Waals surface area contributed by atoms with Crippen molar-refractivity contribution in [1.82, 2.24) is 0 Å². The van der Waals surface area contributed by atoms with Gasteiger partial charge in [-0.3, -0.25) is 0 Å². The second-order valence-corrected chi connectivity index (χ2v) is 15.8. The molecule has 0 nitrogen and oxygen atoms in total. The molecule has 0 spiro atoms. The van der Waals surface area contributed by atoms with E-state index in [4.69, 9.17) is 0 Å². The lowest BCUT2D eigenvalue weighted by molar-refractivity contribution is 0.474. The summed E-state index contributed by atoms with van der Waals surface area (Å²) in [5.41, 5.74) is 3.83. The van der Waals surface area contributed by atoms with E-state index < -0.39 is 8.07 Å². The normalized spacial score (nSPS) is 40.1. The molecule has 0 saturated heterocycles. The molecule has 0 heterocycles. The Labute approximate surface area is 156 Å². The number of hydrogen-bond donors (Lipinski definition) is 0. The van der Waals surface area contributed by atoms with Gasteiger partial charge in [0.05, 0.1) is 8.07 Å². The van der Waals surface area contributed by atoms with Crippen LogP contribution in [0.25, 0.3) is 0 Å². The maximum atomic E-state index is 2.73. The van der Waals surface area contributed by atoms with Crippen molar-refractivity contribution in [2.75, 3.05) is 0 Å². The first-order valence-electron chi connectivity index (χ1n) is 10.5. The molecule has 4 rings (SSSR count). The van der Waals surface area contributed by atoms with Crippen LogP contribution in [-0.2, 0) is 0 Å². The molecule has 0 aromatic rings. The van der Waals surface area contributed by atoms with E-state index in [1.807, 2.05) is 0 Å². The van der Waals surface area contributed by atoms with Gasteiger partial charge < -0.3 is 0 Å². The third-order valence-corrected chi connectivity index (χ3v) is 13.2. The zero-order valence-corrected chi connectivity index (χ0v) is 17.8. The lowest BCUT2D eigenvalue weighted by Gasteiger charge is -2.42. The highest BCUT2D eigenvalue weighted by Gasteiger charge is 2.52. The zero-order chi connectivity index (χ0) is 17.8. The second kappa shape index (κ2) is 6.11. The van der Waals surface area contributed by atoms with Gasteiger partial charge in [0, 0.05) is 0 Å². The molecular formula is C24H36Si. The fraction of sp³-hybridized carbons (Fsp3) is 0.667. The molecule has 0 aliphatic heterocycles. The van der Waals surface area contributed by atoms with E-state index >= 15 is 0 Å². The van der Waals surface area contributed by atoms with Crippen LogP contribution in [0.4, 0.5) is 0 Å². The molecule has 0 bridgehead atoms. The molecule has 6 unspecified atom stereocenters. The number of hydrogen-bond acceptors (Lipinski definition) is 0. The Balaban J connectivity index is 1.55. The molecule has 0 aromatic carbocycles. The third-order valence-electron chi connectivity index (χ3n) is 8.01. The highest BCUT2D eigenvalue weighted by molar-refractivity contribution is 6.80. The molecule has 0 N–H and O–H groups in total. The molecule has 0 amide bonds. The summed E-state index contributed by atoms with van der Waals surface area (Å²) in [5.74, 6) is 3.33. The van der Waals surface area contributed by atoms with E-state index in [9.17, 15) is 0 Å². The first-order valence-corrected chi connectivity index (χ1v) is 13.7. The largest absolute Gasteiger partial charge is 0.0808 e. The molecule has 1 heteroatoms. The lowest BCUT2D eigenvalue weighted by atomic mass is 9.78. The Kier molecular flexibility index (Phi) is 4.30. The molecule has 2 fully saturated rings. The molecular weight excluding hydrogens is 316 g/mol. The standard InChI is InChI=1S/C24H36Si/c1-24(2,3)19-12-13-21-18(16-19)11-15-23(21)25(4,5)22-14-10-17-8-6-7-9-20(17)22/h6-9,12-13,16-18,20-23H,10-11,14-15H2,1-5H3.